The van der Waals surface area contributed by atoms with Gasteiger partial charge in [-0.2, -0.15) is 0 Å². The number of anilines is 1. The van der Waals surface area contributed by atoms with Crippen LogP contribution < -0.4 is 10.6 Å². The second kappa shape index (κ2) is 10.2. The number of hydrogen-bond donors (Lipinski definition) is 2. The van der Waals surface area contributed by atoms with Gasteiger partial charge in [-0.1, -0.05) is 23.8 Å². The SMILES string of the molecule is Cc1ccc(NC(=O)CN(C)C(=O)CNC(=O)c2cccc(S(=O)(=O)N(C)C)c2)cc1. The molecule has 0 saturated carbocycles. The third kappa shape index (κ3) is 6.63. The van der Waals surface area contributed by atoms with Gasteiger partial charge in [0.2, 0.25) is 21.8 Å². The van der Waals surface area contributed by atoms with Gasteiger partial charge in [-0.15, -0.1) is 0 Å². The van der Waals surface area contributed by atoms with Crippen molar-refractivity contribution in [1.29, 1.82) is 0 Å². The van der Waals surface area contributed by atoms with E-state index in [4.69, 9.17) is 0 Å². The maximum absolute atomic E-state index is 12.3. The lowest BCUT2D eigenvalue weighted by Gasteiger charge is -2.17. The summed E-state index contributed by atoms with van der Waals surface area (Å²) in [6.45, 7) is 1.42. The highest BCUT2D eigenvalue weighted by Gasteiger charge is 2.19. The van der Waals surface area contributed by atoms with Crippen LogP contribution in [0, 0.1) is 6.92 Å². The summed E-state index contributed by atoms with van der Waals surface area (Å²) in [7, 11) is 0.555. The molecule has 3 amide bonds. The topological polar surface area (TPSA) is 116 Å². The van der Waals surface area contributed by atoms with E-state index in [1.807, 2.05) is 19.1 Å². The second-order valence-corrected chi connectivity index (χ2v) is 9.31. The van der Waals surface area contributed by atoms with Crippen LogP contribution in [0.15, 0.2) is 53.4 Å². The molecule has 2 N–H and O–H groups in total. The number of carbonyl (C=O) groups is 3. The monoisotopic (exact) mass is 446 g/mol. The van der Waals surface area contributed by atoms with Gasteiger partial charge in [0, 0.05) is 32.4 Å². The van der Waals surface area contributed by atoms with Gasteiger partial charge >= 0.3 is 0 Å². The number of nitrogens with one attached hydrogen (secondary N) is 2. The van der Waals surface area contributed by atoms with Crippen LogP contribution in [0.3, 0.4) is 0 Å². The smallest absolute Gasteiger partial charge is 0.251 e. The van der Waals surface area contributed by atoms with E-state index in [-0.39, 0.29) is 29.5 Å². The summed E-state index contributed by atoms with van der Waals surface area (Å²) in [4.78, 5) is 37.9. The van der Waals surface area contributed by atoms with Gasteiger partial charge < -0.3 is 15.5 Å². The summed E-state index contributed by atoms with van der Waals surface area (Å²) in [5.74, 6) is -1.43. The van der Waals surface area contributed by atoms with Crippen molar-refractivity contribution in [2.45, 2.75) is 11.8 Å². The van der Waals surface area contributed by atoms with Crippen LogP contribution >= 0.6 is 0 Å². The van der Waals surface area contributed by atoms with Crippen molar-refractivity contribution in [2.24, 2.45) is 0 Å². The molecular weight excluding hydrogens is 420 g/mol. The molecule has 0 heterocycles. The van der Waals surface area contributed by atoms with Crippen molar-refractivity contribution in [2.75, 3.05) is 39.5 Å². The molecule has 0 spiro atoms. The fourth-order valence-electron chi connectivity index (χ4n) is 2.54. The van der Waals surface area contributed by atoms with Crippen molar-refractivity contribution in [1.82, 2.24) is 14.5 Å². The Hall–Kier alpha value is -3.24. The Labute approximate surface area is 182 Å². The van der Waals surface area contributed by atoms with Gasteiger partial charge in [0.05, 0.1) is 18.0 Å². The molecule has 0 aliphatic carbocycles. The lowest BCUT2D eigenvalue weighted by molar-refractivity contribution is -0.132. The van der Waals surface area contributed by atoms with Gasteiger partial charge in [0.25, 0.3) is 5.91 Å². The van der Waals surface area contributed by atoms with Crippen LogP contribution in [0.25, 0.3) is 0 Å². The van der Waals surface area contributed by atoms with Gasteiger partial charge in [-0.05, 0) is 37.3 Å². The molecule has 2 aromatic rings. The zero-order chi connectivity index (χ0) is 23.2. The molecule has 166 valence electrons. The average molecular weight is 447 g/mol. The predicted octanol–water partition coefficient (Wildman–Crippen LogP) is 1.07. The van der Waals surface area contributed by atoms with Crippen LogP contribution in [-0.4, -0.2) is 69.6 Å². The first kappa shape index (κ1) is 24.0. The summed E-state index contributed by atoms with van der Waals surface area (Å²) in [5.41, 5.74) is 1.79. The highest BCUT2D eigenvalue weighted by atomic mass is 32.2. The molecule has 2 rings (SSSR count). The van der Waals surface area contributed by atoms with Crippen LogP contribution in [0.2, 0.25) is 0 Å². The Morgan fingerprint density at radius 3 is 2.23 bits per heavy atom. The summed E-state index contributed by atoms with van der Waals surface area (Å²) < 4.78 is 25.5. The molecule has 0 aliphatic rings. The first-order chi connectivity index (χ1) is 14.5. The average Bonchev–Trinajstić information content (AvgIpc) is 2.73. The predicted molar refractivity (Wildman–Crippen MR) is 117 cm³/mol. The fourth-order valence-corrected chi connectivity index (χ4v) is 3.49. The van der Waals surface area contributed by atoms with E-state index in [9.17, 15) is 22.8 Å². The maximum Gasteiger partial charge on any atom is 0.251 e. The Kier molecular flexibility index (Phi) is 7.89. The van der Waals surface area contributed by atoms with Crippen molar-refractivity contribution >= 4 is 33.4 Å². The largest absolute Gasteiger partial charge is 0.343 e. The lowest BCUT2D eigenvalue weighted by atomic mass is 10.2. The van der Waals surface area contributed by atoms with Crippen LogP contribution in [0.5, 0.6) is 0 Å². The lowest BCUT2D eigenvalue weighted by Crippen LogP contribution is -2.41. The summed E-state index contributed by atoms with van der Waals surface area (Å²) >= 11 is 0. The Balaban J connectivity index is 1.90. The van der Waals surface area contributed by atoms with E-state index in [1.54, 1.807) is 12.1 Å². The number of rotatable bonds is 8. The maximum atomic E-state index is 12.3. The number of amides is 3. The minimum atomic E-state index is -3.69. The molecule has 0 unspecified atom stereocenters. The third-order valence-corrected chi connectivity index (χ3v) is 6.23. The number of carbonyl (C=O) groups excluding carboxylic acids is 3. The fraction of sp³-hybridized carbons (Fsp3) is 0.286. The highest BCUT2D eigenvalue weighted by molar-refractivity contribution is 7.89. The van der Waals surface area contributed by atoms with Crippen molar-refractivity contribution in [3.63, 3.8) is 0 Å². The number of benzene rings is 2. The van der Waals surface area contributed by atoms with E-state index in [0.29, 0.717) is 5.69 Å². The molecule has 0 fully saturated rings. The molecule has 0 aromatic heterocycles. The van der Waals surface area contributed by atoms with Crippen LogP contribution in [-0.2, 0) is 19.6 Å². The van der Waals surface area contributed by atoms with Gasteiger partial charge in [-0.3, -0.25) is 14.4 Å². The normalized spacial score (nSPS) is 11.1. The summed E-state index contributed by atoms with van der Waals surface area (Å²) in [6.07, 6.45) is 0. The van der Waals surface area contributed by atoms with Crippen molar-refractivity contribution in [3.8, 4) is 0 Å². The zero-order valence-electron chi connectivity index (χ0n) is 17.9. The van der Waals surface area contributed by atoms with Gasteiger partial charge in [0.1, 0.15) is 0 Å². The molecule has 0 saturated heterocycles. The molecular formula is C21H26N4O5S. The zero-order valence-corrected chi connectivity index (χ0v) is 18.7. The Morgan fingerprint density at radius 1 is 0.968 bits per heavy atom. The van der Waals surface area contributed by atoms with Crippen LogP contribution in [0.4, 0.5) is 5.69 Å². The third-order valence-electron chi connectivity index (χ3n) is 4.42. The summed E-state index contributed by atoms with van der Waals surface area (Å²) in [5, 5.41) is 5.14. The number of likely N-dealkylation sites (N-methyl/N-ethyl adjacent to an activating group) is 1. The summed E-state index contributed by atoms with van der Waals surface area (Å²) in [6, 6.07) is 12.8. The molecule has 0 radical (unpaired) electrons. The Morgan fingerprint density at radius 2 is 1.61 bits per heavy atom. The number of nitrogens with zero attached hydrogens (tertiary/aromatic N) is 2. The molecule has 31 heavy (non-hydrogen) atoms. The standard InChI is InChI=1S/C21H26N4O5S/c1-15-8-10-17(11-9-15)23-19(26)14-25(4)20(27)13-22-21(28)16-6-5-7-18(12-16)31(29,30)24(2)3/h5-12H,13-14H2,1-4H3,(H,22,28)(H,23,26). The van der Waals surface area contributed by atoms with Gasteiger partial charge in [-0.25, -0.2) is 12.7 Å². The van der Waals surface area contributed by atoms with E-state index in [1.165, 1.54) is 50.3 Å². The Bertz CT molecular complexity index is 1070. The van der Waals surface area contributed by atoms with E-state index < -0.39 is 21.8 Å². The van der Waals surface area contributed by atoms with Gasteiger partial charge in [0.15, 0.2) is 0 Å². The second-order valence-electron chi connectivity index (χ2n) is 7.16. The number of hydrogen-bond acceptors (Lipinski definition) is 5. The number of aryl methyl sites for hydroxylation is 1. The molecule has 0 aliphatic heterocycles. The number of sulfonamides is 1. The quantitative estimate of drug-likeness (QED) is 0.629. The molecule has 0 bridgehead atoms. The van der Waals surface area contributed by atoms with E-state index >= 15 is 0 Å². The first-order valence-corrected chi connectivity index (χ1v) is 10.9. The molecule has 9 nitrogen and oxygen atoms in total. The highest BCUT2D eigenvalue weighted by Crippen LogP contribution is 2.15. The molecule has 2 aromatic carbocycles. The first-order valence-electron chi connectivity index (χ1n) is 9.42. The van der Waals surface area contributed by atoms with Crippen LogP contribution in [0.1, 0.15) is 15.9 Å². The molecule has 0 atom stereocenters. The van der Waals surface area contributed by atoms with E-state index in [2.05, 4.69) is 10.6 Å². The van der Waals surface area contributed by atoms with Crippen molar-refractivity contribution < 1.29 is 22.8 Å². The van der Waals surface area contributed by atoms with Crippen molar-refractivity contribution in [3.05, 3.63) is 59.7 Å². The molecule has 10 heteroatoms. The minimum Gasteiger partial charge on any atom is -0.343 e. The minimum absolute atomic E-state index is 0.0265. The van der Waals surface area contributed by atoms with E-state index in [0.717, 1.165) is 9.87 Å².